The van der Waals surface area contributed by atoms with Crippen LogP contribution in [-0.4, -0.2) is 33.3 Å². The van der Waals surface area contributed by atoms with Crippen molar-refractivity contribution in [2.24, 2.45) is 0 Å². The average Bonchev–Trinajstić information content (AvgIpc) is 3.18. The van der Waals surface area contributed by atoms with E-state index in [1.54, 1.807) is 38.1 Å². The topological polar surface area (TPSA) is 64.3 Å². The average molecular weight is 481 g/mol. The fraction of sp³-hybridized carbons (Fsp3) is 0.417. The molecule has 3 aromatic rings. The van der Waals surface area contributed by atoms with Gasteiger partial charge in [0, 0.05) is 22.4 Å². The molecule has 1 aliphatic rings. The zero-order valence-electron chi connectivity index (χ0n) is 18.5. The summed E-state index contributed by atoms with van der Waals surface area (Å²) in [5, 5.41) is 15.8. The van der Waals surface area contributed by atoms with Crippen molar-refractivity contribution in [3.05, 3.63) is 68.5 Å². The Kier molecular flexibility index (Phi) is 5.73. The number of para-hydroxylation sites is 1. The van der Waals surface area contributed by atoms with E-state index >= 15 is 0 Å². The summed E-state index contributed by atoms with van der Waals surface area (Å²) in [5.41, 5.74) is -3.01. The summed E-state index contributed by atoms with van der Waals surface area (Å²) in [6.07, 6.45) is -5.01. The molecule has 1 aromatic heterocycles. The van der Waals surface area contributed by atoms with Gasteiger partial charge >= 0.3 is 6.18 Å². The second kappa shape index (κ2) is 8.02. The maximum absolute atomic E-state index is 14.4. The van der Waals surface area contributed by atoms with Gasteiger partial charge in [-0.2, -0.15) is 18.3 Å². The molecule has 176 valence electrons. The number of aromatic nitrogens is 2. The first kappa shape index (κ1) is 23.6. The van der Waals surface area contributed by atoms with Crippen molar-refractivity contribution in [1.29, 1.82) is 0 Å². The molecule has 1 atom stereocenters. The van der Waals surface area contributed by atoms with Crippen LogP contribution in [0.1, 0.15) is 37.1 Å². The molecule has 5 nitrogen and oxygen atoms in total. The van der Waals surface area contributed by atoms with E-state index in [1.165, 1.54) is 19.1 Å². The number of hydrogen-bond donors (Lipinski definition) is 1. The maximum Gasteiger partial charge on any atom is 0.419 e. The fourth-order valence-corrected chi connectivity index (χ4v) is 4.82. The van der Waals surface area contributed by atoms with Gasteiger partial charge in [-0.05, 0) is 48.6 Å². The Bertz CT molecular complexity index is 1290. The Balaban J connectivity index is 1.80. The number of hydrogen-bond acceptors (Lipinski definition) is 4. The van der Waals surface area contributed by atoms with Gasteiger partial charge < -0.3 is 9.84 Å². The SMILES string of the molecule is Cc1nn(CC(O)(CC(C)(C)c2cc(Cl)cc3c2OCC3)C(F)(F)F)c2ccccc2c1=O. The van der Waals surface area contributed by atoms with Gasteiger partial charge in [0.25, 0.3) is 0 Å². The summed E-state index contributed by atoms with van der Waals surface area (Å²) in [6, 6.07) is 9.64. The van der Waals surface area contributed by atoms with Crippen LogP contribution in [0.25, 0.3) is 10.9 Å². The lowest BCUT2D eigenvalue weighted by Crippen LogP contribution is -2.52. The van der Waals surface area contributed by atoms with Gasteiger partial charge in [0.2, 0.25) is 5.43 Å². The molecule has 2 heterocycles. The summed E-state index contributed by atoms with van der Waals surface area (Å²) in [5.74, 6) is 0.525. The molecule has 0 spiro atoms. The molecule has 0 bridgehead atoms. The number of benzene rings is 2. The maximum atomic E-state index is 14.4. The number of ether oxygens (including phenoxy) is 1. The summed E-state index contributed by atoms with van der Waals surface area (Å²) in [4.78, 5) is 12.4. The first-order chi connectivity index (χ1) is 15.3. The first-order valence-corrected chi connectivity index (χ1v) is 10.9. The third kappa shape index (κ3) is 4.22. The quantitative estimate of drug-likeness (QED) is 0.561. The van der Waals surface area contributed by atoms with Gasteiger partial charge in [-0.15, -0.1) is 0 Å². The third-order valence-electron chi connectivity index (χ3n) is 6.18. The van der Waals surface area contributed by atoms with Crippen LogP contribution in [0.2, 0.25) is 5.02 Å². The molecule has 1 unspecified atom stereocenters. The Labute approximate surface area is 193 Å². The van der Waals surface area contributed by atoms with Crippen molar-refractivity contribution in [1.82, 2.24) is 9.78 Å². The molecule has 0 fully saturated rings. The Hall–Kier alpha value is -2.58. The van der Waals surface area contributed by atoms with Crippen LogP contribution in [0.3, 0.4) is 0 Å². The summed E-state index contributed by atoms with van der Waals surface area (Å²) >= 11 is 6.24. The normalized spacial score (nSPS) is 15.9. The van der Waals surface area contributed by atoms with Gasteiger partial charge in [-0.3, -0.25) is 9.48 Å². The standard InChI is InChI=1S/C24H24ClF3N2O3/c1-14-20(31)17-6-4-5-7-19(17)30(29-14)13-23(32,24(26,27)28)12-22(2,3)18-11-16(25)10-15-8-9-33-21(15)18/h4-7,10-11,32H,8-9,12-13H2,1-3H3. The zero-order valence-corrected chi connectivity index (χ0v) is 19.2. The van der Waals surface area contributed by atoms with Gasteiger partial charge in [0.15, 0.2) is 5.60 Å². The Morgan fingerprint density at radius 1 is 1.21 bits per heavy atom. The second-order valence-corrected chi connectivity index (χ2v) is 9.66. The predicted molar refractivity (Wildman–Crippen MR) is 120 cm³/mol. The van der Waals surface area contributed by atoms with Crippen LogP contribution in [0.15, 0.2) is 41.2 Å². The molecule has 0 saturated heterocycles. The highest BCUT2D eigenvalue weighted by atomic mass is 35.5. The van der Waals surface area contributed by atoms with Gasteiger partial charge in [0.05, 0.1) is 18.7 Å². The Morgan fingerprint density at radius 2 is 1.91 bits per heavy atom. The largest absolute Gasteiger partial charge is 0.493 e. The van der Waals surface area contributed by atoms with Crippen LogP contribution in [-0.2, 0) is 18.4 Å². The molecule has 0 saturated carbocycles. The van der Waals surface area contributed by atoms with E-state index in [4.69, 9.17) is 16.3 Å². The number of aliphatic hydroxyl groups is 1. The van der Waals surface area contributed by atoms with Crippen molar-refractivity contribution < 1.29 is 23.0 Å². The number of alkyl halides is 3. The number of fused-ring (bicyclic) bond motifs is 2. The van der Waals surface area contributed by atoms with Crippen LogP contribution >= 0.6 is 11.6 Å². The monoisotopic (exact) mass is 480 g/mol. The molecule has 2 aromatic carbocycles. The van der Waals surface area contributed by atoms with Crippen molar-refractivity contribution in [3.63, 3.8) is 0 Å². The third-order valence-corrected chi connectivity index (χ3v) is 6.40. The lowest BCUT2D eigenvalue weighted by molar-refractivity contribution is -0.272. The van der Waals surface area contributed by atoms with Crippen molar-refractivity contribution in [2.45, 2.75) is 57.3 Å². The first-order valence-electron chi connectivity index (χ1n) is 10.5. The molecule has 4 rings (SSSR count). The fourth-order valence-electron chi connectivity index (χ4n) is 4.58. The number of nitrogens with zero attached hydrogens (tertiary/aromatic N) is 2. The van der Waals surface area contributed by atoms with Gasteiger partial charge in [-0.25, -0.2) is 0 Å². The van der Waals surface area contributed by atoms with E-state index in [9.17, 15) is 23.1 Å². The molecule has 0 radical (unpaired) electrons. The van der Waals surface area contributed by atoms with E-state index < -0.39 is 30.2 Å². The minimum Gasteiger partial charge on any atom is -0.493 e. The van der Waals surface area contributed by atoms with Gasteiger partial charge in [-0.1, -0.05) is 37.6 Å². The smallest absolute Gasteiger partial charge is 0.419 e. The summed E-state index contributed by atoms with van der Waals surface area (Å²) in [7, 11) is 0. The van der Waals surface area contributed by atoms with E-state index in [0.717, 1.165) is 10.2 Å². The van der Waals surface area contributed by atoms with E-state index in [0.29, 0.717) is 29.4 Å². The van der Waals surface area contributed by atoms with Crippen LogP contribution < -0.4 is 10.2 Å². The highest BCUT2D eigenvalue weighted by molar-refractivity contribution is 6.30. The molecule has 9 heteroatoms. The molecule has 33 heavy (non-hydrogen) atoms. The molecular weight excluding hydrogens is 457 g/mol. The number of rotatable bonds is 5. The van der Waals surface area contributed by atoms with Crippen molar-refractivity contribution in [3.8, 4) is 5.75 Å². The van der Waals surface area contributed by atoms with Crippen LogP contribution in [0, 0.1) is 6.92 Å². The highest BCUT2D eigenvalue weighted by Gasteiger charge is 2.57. The lowest BCUT2D eigenvalue weighted by Gasteiger charge is -2.38. The van der Waals surface area contributed by atoms with Gasteiger partial charge in [0.1, 0.15) is 11.4 Å². The molecule has 0 amide bonds. The molecular formula is C24H24ClF3N2O3. The zero-order chi connectivity index (χ0) is 24.2. The molecule has 0 aliphatic carbocycles. The summed E-state index contributed by atoms with van der Waals surface area (Å²) in [6.45, 7) is 4.24. The Morgan fingerprint density at radius 3 is 2.61 bits per heavy atom. The van der Waals surface area contributed by atoms with Crippen molar-refractivity contribution >= 4 is 22.5 Å². The molecule has 1 aliphatic heterocycles. The minimum atomic E-state index is -4.97. The van der Waals surface area contributed by atoms with Crippen LogP contribution in [0.4, 0.5) is 13.2 Å². The van der Waals surface area contributed by atoms with E-state index in [2.05, 4.69) is 5.10 Å². The second-order valence-electron chi connectivity index (χ2n) is 9.22. The number of aryl methyl sites for hydroxylation is 1. The van der Waals surface area contributed by atoms with E-state index in [-0.39, 0.29) is 22.0 Å². The summed E-state index contributed by atoms with van der Waals surface area (Å²) < 4.78 is 49.8. The van der Waals surface area contributed by atoms with Crippen LogP contribution in [0.5, 0.6) is 5.75 Å². The highest BCUT2D eigenvalue weighted by Crippen LogP contribution is 2.47. The van der Waals surface area contributed by atoms with Crippen molar-refractivity contribution in [2.75, 3.05) is 6.61 Å². The lowest BCUT2D eigenvalue weighted by atomic mass is 9.74. The molecule has 1 N–H and O–H groups in total. The van der Waals surface area contributed by atoms with E-state index in [1.807, 2.05) is 0 Å². The minimum absolute atomic E-state index is 0.0542. The number of halogens is 4. The predicted octanol–water partition coefficient (Wildman–Crippen LogP) is 4.95.